The number of ether oxygens (including phenoxy) is 1. The van der Waals surface area contributed by atoms with Crippen molar-refractivity contribution < 1.29 is 27.1 Å². The number of anilines is 1. The number of hydrogen-bond acceptors (Lipinski definition) is 4. The molecule has 4 rings (SSSR count). The average molecular weight is 573 g/mol. The first-order valence-corrected chi connectivity index (χ1v) is 11.1. The Morgan fingerprint density at radius 3 is 2.63 bits per heavy atom. The highest BCUT2D eigenvalue weighted by Gasteiger charge is 2.30. The number of carbonyl (C=O) groups excluding carboxylic acids is 1. The van der Waals surface area contributed by atoms with Crippen molar-refractivity contribution in [3.8, 4) is 5.75 Å². The number of aromatic nitrogens is 4. The Labute approximate surface area is 209 Å². The van der Waals surface area contributed by atoms with Crippen LogP contribution in [0.4, 0.5) is 23.4 Å². The normalized spacial score (nSPS) is 11.5. The number of hydrogen-bond donors (Lipinski definition) is 1. The van der Waals surface area contributed by atoms with E-state index in [-0.39, 0.29) is 41.1 Å². The zero-order valence-corrected chi connectivity index (χ0v) is 19.9. The Kier molecular flexibility index (Phi) is 7.13. The van der Waals surface area contributed by atoms with Gasteiger partial charge < -0.3 is 10.1 Å². The van der Waals surface area contributed by atoms with Gasteiger partial charge in [0.25, 0.3) is 5.91 Å². The molecule has 0 saturated carbocycles. The predicted molar refractivity (Wildman–Crippen MR) is 123 cm³/mol. The summed E-state index contributed by atoms with van der Waals surface area (Å²) in [4.78, 5) is 12.6. The van der Waals surface area contributed by atoms with Gasteiger partial charge in [0.15, 0.2) is 18.2 Å². The van der Waals surface area contributed by atoms with Gasteiger partial charge in [-0.05, 0) is 52.3 Å². The summed E-state index contributed by atoms with van der Waals surface area (Å²) in [6, 6.07) is 10.2. The SMILES string of the molecule is O=C(Nc1nn(Cc2c(F)cccc2Cl)cc1Br)c1ccn(COc2cccc(C(F)(F)F)c2)n1. The molecular weight excluding hydrogens is 558 g/mol. The molecule has 2 aromatic heterocycles. The number of amides is 1. The lowest BCUT2D eigenvalue weighted by molar-refractivity contribution is -0.137. The predicted octanol–water partition coefficient (Wildman–Crippen LogP) is 5.99. The molecule has 0 aliphatic carbocycles. The van der Waals surface area contributed by atoms with Crippen LogP contribution in [-0.2, 0) is 19.5 Å². The standard InChI is InChI=1S/C22H15BrClF4N5O2/c23-16-11-33(10-15-17(24)5-2-6-18(15)25)31-20(16)29-21(34)19-7-8-32(30-19)12-35-14-4-1-3-13(9-14)22(26,27)28/h1-9,11H,10,12H2,(H,29,31,34). The number of carbonyl (C=O) groups is 1. The molecule has 0 fully saturated rings. The molecule has 4 aromatic rings. The van der Waals surface area contributed by atoms with Crippen LogP contribution in [-0.4, -0.2) is 25.5 Å². The van der Waals surface area contributed by atoms with Crippen molar-refractivity contribution in [1.29, 1.82) is 0 Å². The Morgan fingerprint density at radius 1 is 1.11 bits per heavy atom. The van der Waals surface area contributed by atoms with Crippen molar-refractivity contribution >= 4 is 39.3 Å². The fraction of sp³-hybridized carbons (Fsp3) is 0.136. The van der Waals surface area contributed by atoms with Crippen LogP contribution in [0.3, 0.4) is 0 Å². The van der Waals surface area contributed by atoms with Crippen LogP contribution in [0.1, 0.15) is 21.6 Å². The Balaban J connectivity index is 1.39. The van der Waals surface area contributed by atoms with Crippen molar-refractivity contribution in [3.63, 3.8) is 0 Å². The maximum Gasteiger partial charge on any atom is 0.416 e. The second-order valence-electron chi connectivity index (χ2n) is 7.22. The highest BCUT2D eigenvalue weighted by atomic mass is 79.9. The Bertz CT molecular complexity index is 1350. The van der Waals surface area contributed by atoms with Crippen molar-refractivity contribution in [1.82, 2.24) is 19.6 Å². The molecule has 0 spiro atoms. The van der Waals surface area contributed by atoms with Crippen molar-refractivity contribution in [3.05, 3.63) is 93.1 Å². The lowest BCUT2D eigenvalue weighted by Crippen LogP contribution is -2.15. The average Bonchev–Trinajstić information content (AvgIpc) is 3.41. The van der Waals surface area contributed by atoms with Crippen LogP contribution in [0.15, 0.2) is 65.4 Å². The van der Waals surface area contributed by atoms with E-state index in [1.165, 1.54) is 45.9 Å². The molecule has 7 nitrogen and oxygen atoms in total. The van der Waals surface area contributed by atoms with E-state index in [0.717, 1.165) is 12.1 Å². The molecule has 0 saturated heterocycles. The van der Waals surface area contributed by atoms with Crippen molar-refractivity contribution in [2.24, 2.45) is 0 Å². The first-order chi connectivity index (χ1) is 16.6. The largest absolute Gasteiger partial charge is 0.471 e. The van der Waals surface area contributed by atoms with Crippen LogP contribution in [0.5, 0.6) is 5.75 Å². The smallest absolute Gasteiger partial charge is 0.416 e. The van der Waals surface area contributed by atoms with Gasteiger partial charge in [0.1, 0.15) is 11.6 Å². The summed E-state index contributed by atoms with van der Waals surface area (Å²) in [6.45, 7) is -0.169. The van der Waals surface area contributed by atoms with E-state index in [0.29, 0.717) is 4.47 Å². The molecule has 0 radical (unpaired) electrons. The molecular formula is C22H15BrClF4N5O2. The Morgan fingerprint density at radius 2 is 1.89 bits per heavy atom. The molecule has 0 aliphatic heterocycles. The van der Waals surface area contributed by atoms with Gasteiger partial charge in [0.05, 0.1) is 16.6 Å². The molecule has 2 heterocycles. The van der Waals surface area contributed by atoms with Gasteiger partial charge in [-0.15, -0.1) is 0 Å². The van der Waals surface area contributed by atoms with Crippen LogP contribution >= 0.6 is 27.5 Å². The fourth-order valence-corrected chi connectivity index (χ4v) is 3.67. The van der Waals surface area contributed by atoms with E-state index in [2.05, 4.69) is 31.4 Å². The van der Waals surface area contributed by atoms with Gasteiger partial charge in [0.2, 0.25) is 0 Å². The van der Waals surface area contributed by atoms with E-state index >= 15 is 0 Å². The van der Waals surface area contributed by atoms with Gasteiger partial charge >= 0.3 is 6.18 Å². The molecule has 0 aliphatic rings. The highest BCUT2D eigenvalue weighted by Crippen LogP contribution is 2.31. The van der Waals surface area contributed by atoms with Gasteiger partial charge in [-0.3, -0.25) is 9.48 Å². The van der Waals surface area contributed by atoms with Crippen LogP contribution in [0.25, 0.3) is 0 Å². The summed E-state index contributed by atoms with van der Waals surface area (Å²) >= 11 is 9.35. The van der Waals surface area contributed by atoms with E-state index in [1.54, 1.807) is 12.3 Å². The number of nitrogens with zero attached hydrogens (tertiary/aromatic N) is 4. The van der Waals surface area contributed by atoms with Gasteiger partial charge in [-0.1, -0.05) is 23.7 Å². The molecule has 13 heteroatoms. The number of halogens is 6. The van der Waals surface area contributed by atoms with Crippen molar-refractivity contribution in [2.75, 3.05) is 5.32 Å². The van der Waals surface area contributed by atoms with E-state index in [4.69, 9.17) is 16.3 Å². The Hall–Kier alpha value is -3.38. The minimum atomic E-state index is -4.49. The highest BCUT2D eigenvalue weighted by molar-refractivity contribution is 9.10. The first kappa shape index (κ1) is 24.7. The van der Waals surface area contributed by atoms with Gasteiger partial charge in [-0.2, -0.15) is 23.4 Å². The summed E-state index contributed by atoms with van der Waals surface area (Å²) < 4.78 is 61.0. The molecule has 1 amide bonds. The van der Waals surface area contributed by atoms with Crippen LogP contribution in [0, 0.1) is 5.82 Å². The molecule has 35 heavy (non-hydrogen) atoms. The lowest BCUT2D eigenvalue weighted by Gasteiger charge is -2.10. The number of alkyl halides is 3. The molecule has 0 bridgehead atoms. The molecule has 0 unspecified atom stereocenters. The third-order valence-corrected chi connectivity index (χ3v) is 5.66. The number of benzene rings is 2. The summed E-state index contributed by atoms with van der Waals surface area (Å²) in [7, 11) is 0. The van der Waals surface area contributed by atoms with E-state index in [9.17, 15) is 22.4 Å². The minimum absolute atomic E-state index is 0.00533. The quantitative estimate of drug-likeness (QED) is 0.276. The zero-order chi connectivity index (χ0) is 25.2. The number of nitrogens with one attached hydrogen (secondary N) is 1. The van der Waals surface area contributed by atoms with E-state index < -0.39 is 23.5 Å². The maximum absolute atomic E-state index is 14.0. The van der Waals surface area contributed by atoms with Crippen LogP contribution in [0.2, 0.25) is 5.02 Å². The third-order valence-electron chi connectivity index (χ3n) is 4.73. The van der Waals surface area contributed by atoms with Gasteiger partial charge in [0, 0.05) is 23.0 Å². The summed E-state index contributed by atoms with van der Waals surface area (Å²) in [5.74, 6) is -0.881. The summed E-state index contributed by atoms with van der Waals surface area (Å²) in [5, 5.41) is 11.1. The minimum Gasteiger partial charge on any atom is -0.471 e. The monoisotopic (exact) mass is 571 g/mol. The third kappa shape index (κ3) is 6.01. The first-order valence-electron chi connectivity index (χ1n) is 9.91. The molecule has 0 atom stereocenters. The molecule has 182 valence electrons. The summed E-state index contributed by atoms with van der Waals surface area (Å²) in [6.07, 6.45) is -1.49. The molecule has 2 aromatic carbocycles. The molecule has 1 N–H and O–H groups in total. The van der Waals surface area contributed by atoms with E-state index in [1.807, 2.05) is 0 Å². The number of rotatable bonds is 7. The lowest BCUT2D eigenvalue weighted by atomic mass is 10.2. The second-order valence-corrected chi connectivity index (χ2v) is 8.48. The summed E-state index contributed by atoms with van der Waals surface area (Å²) in [5.41, 5.74) is -0.560. The zero-order valence-electron chi connectivity index (χ0n) is 17.6. The topological polar surface area (TPSA) is 74.0 Å². The fourth-order valence-electron chi connectivity index (χ4n) is 3.04. The van der Waals surface area contributed by atoms with Crippen molar-refractivity contribution in [2.45, 2.75) is 19.5 Å². The van der Waals surface area contributed by atoms with Gasteiger partial charge in [-0.25, -0.2) is 9.07 Å². The van der Waals surface area contributed by atoms with Crippen LogP contribution < -0.4 is 10.1 Å². The maximum atomic E-state index is 14.0. The second kappa shape index (κ2) is 10.1.